The summed E-state index contributed by atoms with van der Waals surface area (Å²) < 4.78 is 16.3. The maximum Gasteiger partial charge on any atom is 0.242 e. The van der Waals surface area contributed by atoms with Crippen LogP contribution in [0.2, 0.25) is 0 Å². The summed E-state index contributed by atoms with van der Waals surface area (Å²) in [6, 6.07) is 9.49. The van der Waals surface area contributed by atoms with Crippen molar-refractivity contribution in [2.75, 3.05) is 27.3 Å². The Kier molecular flexibility index (Phi) is 14.4. The first-order valence-electron chi connectivity index (χ1n) is 14.2. The van der Waals surface area contributed by atoms with Crippen LogP contribution in [0, 0.1) is 0 Å². The Morgan fingerprint density at radius 3 is 2.26 bits per heavy atom. The molecule has 2 rings (SSSR count). The summed E-state index contributed by atoms with van der Waals surface area (Å²) in [6.07, 6.45) is 11.7. The molecule has 0 spiro atoms. The minimum atomic E-state index is -0.0740. The van der Waals surface area contributed by atoms with Crippen LogP contribution in [-0.4, -0.2) is 55.0 Å². The summed E-state index contributed by atoms with van der Waals surface area (Å²) in [4.78, 5) is 30.3. The molecule has 38 heavy (non-hydrogen) atoms. The van der Waals surface area contributed by atoms with Gasteiger partial charge in [0.05, 0.1) is 27.0 Å². The van der Waals surface area contributed by atoms with Gasteiger partial charge in [-0.1, -0.05) is 58.4 Å². The molecule has 1 heterocycles. The average Bonchev–Trinajstić information content (AvgIpc) is 3.45. The van der Waals surface area contributed by atoms with Gasteiger partial charge in [0.25, 0.3) is 0 Å². The maximum atomic E-state index is 13.6. The zero-order valence-electron chi connectivity index (χ0n) is 24.2. The molecule has 0 bridgehead atoms. The van der Waals surface area contributed by atoms with Crippen molar-refractivity contribution in [1.29, 1.82) is 0 Å². The first-order chi connectivity index (χ1) is 18.4. The van der Waals surface area contributed by atoms with Crippen LogP contribution in [0.25, 0.3) is 0 Å². The lowest BCUT2D eigenvalue weighted by atomic mass is 10.1. The van der Waals surface area contributed by atoms with Crippen LogP contribution in [0.3, 0.4) is 0 Å². The Balaban J connectivity index is 2.04. The molecule has 2 amide bonds. The molecule has 0 aliphatic carbocycles. The Morgan fingerprint density at radius 1 is 0.921 bits per heavy atom. The first kappa shape index (κ1) is 31.3. The van der Waals surface area contributed by atoms with E-state index in [1.165, 1.54) is 32.1 Å². The molecule has 0 radical (unpaired) electrons. The molecule has 0 saturated heterocycles. The third-order valence-electron chi connectivity index (χ3n) is 7.14. The number of benzene rings is 1. The number of methoxy groups -OCH3 is 2. The molecule has 1 atom stereocenters. The monoisotopic (exact) mass is 528 g/mol. The molecule has 0 N–H and O–H groups in total. The van der Waals surface area contributed by atoms with Crippen LogP contribution in [0.5, 0.6) is 11.5 Å². The second-order valence-electron chi connectivity index (χ2n) is 9.98. The smallest absolute Gasteiger partial charge is 0.242 e. The molecule has 212 valence electrons. The fourth-order valence-corrected chi connectivity index (χ4v) is 4.52. The Labute approximate surface area is 229 Å². The minimum Gasteiger partial charge on any atom is -0.493 e. The van der Waals surface area contributed by atoms with Gasteiger partial charge in [0.15, 0.2) is 11.5 Å². The van der Waals surface area contributed by atoms with Crippen LogP contribution < -0.4 is 9.47 Å². The predicted molar refractivity (Wildman–Crippen MR) is 151 cm³/mol. The van der Waals surface area contributed by atoms with Crippen molar-refractivity contribution in [1.82, 2.24) is 9.80 Å². The van der Waals surface area contributed by atoms with Crippen LogP contribution >= 0.6 is 0 Å². The number of carbonyl (C=O) groups excluding carboxylic acids is 2. The van der Waals surface area contributed by atoms with Gasteiger partial charge in [0.2, 0.25) is 11.8 Å². The third kappa shape index (κ3) is 10.4. The van der Waals surface area contributed by atoms with Crippen molar-refractivity contribution < 1.29 is 23.5 Å². The molecule has 0 saturated carbocycles. The van der Waals surface area contributed by atoms with Gasteiger partial charge in [0, 0.05) is 19.0 Å². The van der Waals surface area contributed by atoms with E-state index < -0.39 is 0 Å². The number of ether oxygens (including phenoxy) is 2. The molecule has 1 aromatic heterocycles. The van der Waals surface area contributed by atoms with Gasteiger partial charge in [-0.05, 0) is 56.0 Å². The molecule has 0 aliphatic rings. The fraction of sp³-hybridized carbons (Fsp3) is 0.613. The van der Waals surface area contributed by atoms with E-state index in [4.69, 9.17) is 13.9 Å². The van der Waals surface area contributed by atoms with E-state index >= 15 is 0 Å². The van der Waals surface area contributed by atoms with E-state index in [0.29, 0.717) is 37.4 Å². The Morgan fingerprint density at radius 2 is 1.63 bits per heavy atom. The van der Waals surface area contributed by atoms with Crippen molar-refractivity contribution in [2.45, 2.75) is 97.6 Å². The standard InChI is InChI=1S/C31H48N2O5/c1-6-8-9-10-11-12-13-16-30(34)33(25(3)7-2)24-31(35)32(23-27-15-14-21-38-27)20-19-26-17-18-28(36-4)29(22-26)37-5/h14-15,17-18,21-22,25H,6-13,16,19-20,23-24H2,1-5H3/t25-/m1/s1. The summed E-state index contributed by atoms with van der Waals surface area (Å²) in [5.41, 5.74) is 1.04. The quantitative estimate of drug-likeness (QED) is 0.191. The number of rotatable bonds is 19. The van der Waals surface area contributed by atoms with Gasteiger partial charge in [-0.2, -0.15) is 0 Å². The van der Waals surface area contributed by atoms with Crippen molar-refractivity contribution in [2.24, 2.45) is 0 Å². The molecule has 7 nitrogen and oxygen atoms in total. The van der Waals surface area contributed by atoms with Crippen LogP contribution in [0.4, 0.5) is 0 Å². The maximum absolute atomic E-state index is 13.6. The molecule has 0 aliphatic heterocycles. The highest BCUT2D eigenvalue weighted by Gasteiger charge is 2.25. The molecular formula is C31H48N2O5. The van der Waals surface area contributed by atoms with Crippen LogP contribution in [0.1, 0.15) is 89.9 Å². The lowest BCUT2D eigenvalue weighted by Crippen LogP contribution is -2.46. The van der Waals surface area contributed by atoms with Crippen molar-refractivity contribution in [3.8, 4) is 11.5 Å². The van der Waals surface area contributed by atoms with E-state index in [2.05, 4.69) is 13.8 Å². The van der Waals surface area contributed by atoms with Crippen LogP contribution in [0.15, 0.2) is 41.0 Å². The SMILES string of the molecule is CCCCCCCCCC(=O)N(CC(=O)N(CCc1ccc(OC)c(OC)c1)Cc1ccco1)[C@H](C)CC. The van der Waals surface area contributed by atoms with Crippen molar-refractivity contribution >= 4 is 11.8 Å². The summed E-state index contributed by atoms with van der Waals surface area (Å²) in [7, 11) is 3.22. The fourth-order valence-electron chi connectivity index (χ4n) is 4.52. The molecule has 1 aromatic carbocycles. The van der Waals surface area contributed by atoms with E-state index in [9.17, 15) is 9.59 Å². The number of hydrogen-bond acceptors (Lipinski definition) is 5. The van der Waals surface area contributed by atoms with Crippen molar-refractivity contribution in [3.63, 3.8) is 0 Å². The lowest BCUT2D eigenvalue weighted by molar-refractivity contribution is -0.142. The zero-order valence-corrected chi connectivity index (χ0v) is 24.2. The number of unbranched alkanes of at least 4 members (excludes halogenated alkanes) is 6. The Bertz CT molecular complexity index is 944. The third-order valence-corrected chi connectivity index (χ3v) is 7.14. The van der Waals surface area contributed by atoms with Gasteiger partial charge < -0.3 is 23.7 Å². The molecule has 0 fully saturated rings. The van der Waals surface area contributed by atoms with Gasteiger partial charge in [-0.25, -0.2) is 0 Å². The van der Waals surface area contributed by atoms with Gasteiger partial charge in [-0.3, -0.25) is 9.59 Å². The van der Waals surface area contributed by atoms with E-state index in [0.717, 1.165) is 30.6 Å². The number of amides is 2. The number of furan rings is 1. The number of carbonyl (C=O) groups is 2. The van der Waals surface area contributed by atoms with Crippen molar-refractivity contribution in [3.05, 3.63) is 47.9 Å². The normalized spacial score (nSPS) is 11.7. The van der Waals surface area contributed by atoms with E-state index in [-0.39, 0.29) is 24.4 Å². The minimum absolute atomic E-state index is 0.00677. The lowest BCUT2D eigenvalue weighted by Gasteiger charge is -2.31. The zero-order chi connectivity index (χ0) is 27.8. The van der Waals surface area contributed by atoms with Gasteiger partial charge in [0.1, 0.15) is 12.3 Å². The molecule has 0 unspecified atom stereocenters. The van der Waals surface area contributed by atoms with E-state index in [1.807, 2.05) is 37.3 Å². The molecule has 7 heteroatoms. The Hall–Kier alpha value is -2.96. The topological polar surface area (TPSA) is 72.2 Å². The van der Waals surface area contributed by atoms with Gasteiger partial charge >= 0.3 is 0 Å². The van der Waals surface area contributed by atoms with Crippen LogP contribution in [-0.2, 0) is 22.6 Å². The number of hydrogen-bond donors (Lipinski definition) is 0. The summed E-state index contributed by atoms with van der Waals surface area (Å²) in [5.74, 6) is 2.04. The highest BCUT2D eigenvalue weighted by Crippen LogP contribution is 2.28. The number of nitrogens with zero attached hydrogens (tertiary/aromatic N) is 2. The highest BCUT2D eigenvalue weighted by atomic mass is 16.5. The van der Waals surface area contributed by atoms with E-state index in [1.54, 1.807) is 30.3 Å². The first-order valence-corrected chi connectivity index (χ1v) is 14.2. The largest absolute Gasteiger partial charge is 0.493 e. The summed E-state index contributed by atoms with van der Waals surface area (Å²) >= 11 is 0. The second kappa shape index (κ2) is 17.5. The molecule has 2 aromatic rings. The second-order valence-corrected chi connectivity index (χ2v) is 9.98. The van der Waals surface area contributed by atoms with Gasteiger partial charge in [-0.15, -0.1) is 0 Å². The average molecular weight is 529 g/mol. The highest BCUT2D eigenvalue weighted by molar-refractivity contribution is 5.85. The summed E-state index contributed by atoms with van der Waals surface area (Å²) in [6.45, 7) is 7.23. The predicted octanol–water partition coefficient (Wildman–Crippen LogP) is 6.64. The molecular weight excluding hydrogens is 480 g/mol. The summed E-state index contributed by atoms with van der Waals surface area (Å²) in [5, 5.41) is 0.